The summed E-state index contributed by atoms with van der Waals surface area (Å²) in [6.07, 6.45) is 2.88. The second kappa shape index (κ2) is 7.44. The van der Waals surface area contributed by atoms with Crippen molar-refractivity contribution in [1.82, 2.24) is 4.90 Å². The molecule has 0 spiro atoms. The first-order valence-electron chi connectivity index (χ1n) is 9.87. The van der Waals surface area contributed by atoms with Crippen molar-refractivity contribution in [3.63, 3.8) is 0 Å². The summed E-state index contributed by atoms with van der Waals surface area (Å²) in [4.78, 5) is 51.2. The number of nitrogens with one attached hydrogen (secondary N) is 1. The topological polar surface area (TPSA) is 92.8 Å². The van der Waals surface area contributed by atoms with Crippen molar-refractivity contribution in [2.45, 2.75) is 39.2 Å². The summed E-state index contributed by atoms with van der Waals surface area (Å²) in [5, 5.41) is 3.11. The summed E-state index contributed by atoms with van der Waals surface area (Å²) < 4.78 is 5.08. The van der Waals surface area contributed by atoms with E-state index in [9.17, 15) is 19.2 Å². The minimum Gasteiger partial charge on any atom is -0.454 e. The zero-order valence-electron chi connectivity index (χ0n) is 16.3. The number of fused-ring (bicyclic) bond motifs is 5. The van der Waals surface area contributed by atoms with Crippen LogP contribution in [0.2, 0.25) is 5.02 Å². The average Bonchev–Trinajstić information content (AvgIpc) is 3.36. The number of halogens is 1. The number of amides is 3. The van der Waals surface area contributed by atoms with Gasteiger partial charge in [-0.3, -0.25) is 19.3 Å². The number of benzene rings is 1. The van der Waals surface area contributed by atoms with Crippen LogP contribution in [0.4, 0.5) is 5.69 Å². The zero-order valence-corrected chi connectivity index (χ0v) is 17.1. The summed E-state index contributed by atoms with van der Waals surface area (Å²) in [6.45, 7) is 2.78. The number of hydrogen-bond acceptors (Lipinski definition) is 5. The lowest BCUT2D eigenvalue weighted by Gasteiger charge is -2.23. The van der Waals surface area contributed by atoms with Crippen molar-refractivity contribution in [3.05, 3.63) is 28.8 Å². The standard InChI is InChI=1S/C21H23ClN2O5/c1-10-3-6-14(22)8-15(10)23-16(25)9-29-21(28)11(2)24-19(26)17-12-4-5-13(7-12)18(17)20(24)27/h3,6,8,11-13,17-18H,4-5,7,9H2,1-2H3,(H,23,25)/t11-,12-,13-,17+,18+/m0/s1. The van der Waals surface area contributed by atoms with E-state index in [0.29, 0.717) is 10.7 Å². The van der Waals surface area contributed by atoms with Crippen molar-refractivity contribution >= 4 is 41.0 Å². The van der Waals surface area contributed by atoms with E-state index in [-0.39, 0.29) is 35.5 Å². The van der Waals surface area contributed by atoms with Gasteiger partial charge < -0.3 is 10.1 Å². The molecule has 3 fully saturated rings. The van der Waals surface area contributed by atoms with Crippen LogP contribution in [-0.4, -0.2) is 41.2 Å². The second-order valence-electron chi connectivity index (χ2n) is 8.22. The van der Waals surface area contributed by atoms with Gasteiger partial charge in [-0.2, -0.15) is 0 Å². The molecule has 0 aromatic heterocycles. The Labute approximate surface area is 173 Å². The van der Waals surface area contributed by atoms with E-state index < -0.39 is 24.5 Å². The molecule has 1 saturated heterocycles. The first-order valence-corrected chi connectivity index (χ1v) is 10.2. The van der Waals surface area contributed by atoms with E-state index in [4.69, 9.17) is 16.3 Å². The molecule has 0 radical (unpaired) electrons. The number of hydrogen-bond donors (Lipinski definition) is 1. The van der Waals surface area contributed by atoms with Crippen LogP contribution in [0.5, 0.6) is 0 Å². The van der Waals surface area contributed by atoms with Crippen molar-refractivity contribution in [2.24, 2.45) is 23.7 Å². The quantitative estimate of drug-likeness (QED) is 0.586. The molecule has 1 aliphatic heterocycles. The molecule has 1 N–H and O–H groups in total. The molecule has 2 saturated carbocycles. The molecule has 1 aromatic carbocycles. The number of anilines is 1. The molecule has 3 aliphatic rings. The predicted octanol–water partition coefficient (Wildman–Crippen LogP) is 2.55. The molecule has 5 atom stereocenters. The third kappa shape index (κ3) is 3.41. The summed E-state index contributed by atoms with van der Waals surface area (Å²) in [5.74, 6) is -1.90. The Balaban J connectivity index is 1.35. The van der Waals surface area contributed by atoms with Gasteiger partial charge in [0.05, 0.1) is 11.8 Å². The Morgan fingerprint density at radius 3 is 2.45 bits per heavy atom. The monoisotopic (exact) mass is 418 g/mol. The highest BCUT2D eigenvalue weighted by Crippen LogP contribution is 2.56. The van der Waals surface area contributed by atoms with Crippen molar-refractivity contribution in [2.75, 3.05) is 11.9 Å². The van der Waals surface area contributed by atoms with E-state index >= 15 is 0 Å². The van der Waals surface area contributed by atoms with Crippen LogP contribution in [-0.2, 0) is 23.9 Å². The Morgan fingerprint density at radius 2 is 1.83 bits per heavy atom. The first kappa shape index (κ1) is 19.9. The van der Waals surface area contributed by atoms with Crippen LogP contribution in [0.1, 0.15) is 31.7 Å². The lowest BCUT2D eigenvalue weighted by molar-refractivity contribution is -0.159. The van der Waals surface area contributed by atoms with Gasteiger partial charge in [-0.15, -0.1) is 0 Å². The highest BCUT2D eigenvalue weighted by atomic mass is 35.5. The number of aryl methyl sites for hydroxylation is 1. The van der Waals surface area contributed by atoms with Gasteiger partial charge in [-0.1, -0.05) is 17.7 Å². The van der Waals surface area contributed by atoms with E-state index in [1.165, 1.54) is 6.92 Å². The predicted molar refractivity (Wildman–Crippen MR) is 105 cm³/mol. The lowest BCUT2D eigenvalue weighted by Crippen LogP contribution is -2.45. The van der Waals surface area contributed by atoms with E-state index in [2.05, 4.69) is 5.32 Å². The minimum absolute atomic E-state index is 0.251. The molecule has 3 amide bonds. The molecule has 2 bridgehead atoms. The molecule has 8 heteroatoms. The maximum absolute atomic E-state index is 12.8. The SMILES string of the molecule is Cc1ccc(Cl)cc1NC(=O)COC(=O)[C@H](C)N1C(=O)[C@@H]2[C@H]3CC[C@@H](C3)[C@H]2C1=O. The van der Waals surface area contributed by atoms with Crippen LogP contribution >= 0.6 is 11.6 Å². The normalized spacial score (nSPS) is 28.4. The zero-order chi connectivity index (χ0) is 20.9. The maximum Gasteiger partial charge on any atom is 0.329 e. The number of carbonyl (C=O) groups excluding carboxylic acids is 4. The summed E-state index contributed by atoms with van der Waals surface area (Å²) in [6, 6.07) is 4.04. The van der Waals surface area contributed by atoms with Crippen LogP contribution in [0.15, 0.2) is 18.2 Å². The van der Waals surface area contributed by atoms with Gasteiger partial charge in [-0.05, 0) is 62.6 Å². The van der Waals surface area contributed by atoms with Crippen molar-refractivity contribution < 1.29 is 23.9 Å². The fraction of sp³-hybridized carbons (Fsp3) is 0.524. The van der Waals surface area contributed by atoms with Gasteiger partial charge in [0.25, 0.3) is 5.91 Å². The fourth-order valence-corrected chi connectivity index (χ4v) is 5.26. The highest BCUT2D eigenvalue weighted by Gasteiger charge is 2.62. The van der Waals surface area contributed by atoms with Gasteiger partial charge in [0.2, 0.25) is 11.8 Å². The Morgan fingerprint density at radius 1 is 1.21 bits per heavy atom. The number of nitrogens with zero attached hydrogens (tertiary/aromatic N) is 1. The third-order valence-electron chi connectivity index (χ3n) is 6.51. The number of likely N-dealkylation sites (tertiary alicyclic amines) is 1. The van der Waals surface area contributed by atoms with Crippen LogP contribution in [0, 0.1) is 30.6 Å². The van der Waals surface area contributed by atoms with E-state index in [1.807, 2.05) is 6.92 Å². The third-order valence-corrected chi connectivity index (χ3v) is 6.74. The Kier molecular flexibility index (Phi) is 5.11. The van der Waals surface area contributed by atoms with Gasteiger partial charge in [0.15, 0.2) is 6.61 Å². The highest BCUT2D eigenvalue weighted by molar-refractivity contribution is 6.31. The minimum atomic E-state index is -1.04. The molecule has 29 heavy (non-hydrogen) atoms. The molecular formula is C21H23ClN2O5. The van der Waals surface area contributed by atoms with Gasteiger partial charge in [0, 0.05) is 10.7 Å². The second-order valence-corrected chi connectivity index (χ2v) is 8.66. The molecule has 2 aliphatic carbocycles. The van der Waals surface area contributed by atoms with Gasteiger partial charge in [-0.25, -0.2) is 4.79 Å². The number of carbonyl (C=O) groups is 4. The molecule has 4 rings (SSSR count). The van der Waals surface area contributed by atoms with Gasteiger partial charge in [0.1, 0.15) is 6.04 Å². The summed E-state index contributed by atoms with van der Waals surface area (Å²) in [5.41, 5.74) is 1.34. The van der Waals surface area contributed by atoms with E-state index in [0.717, 1.165) is 29.7 Å². The van der Waals surface area contributed by atoms with Crippen LogP contribution in [0.3, 0.4) is 0 Å². The summed E-state index contributed by atoms with van der Waals surface area (Å²) in [7, 11) is 0. The van der Waals surface area contributed by atoms with Crippen molar-refractivity contribution in [1.29, 1.82) is 0 Å². The Bertz CT molecular complexity index is 873. The summed E-state index contributed by atoms with van der Waals surface area (Å²) >= 11 is 5.93. The lowest BCUT2D eigenvalue weighted by atomic mass is 9.81. The molecule has 0 unspecified atom stereocenters. The van der Waals surface area contributed by atoms with E-state index in [1.54, 1.807) is 18.2 Å². The number of ether oxygens (including phenoxy) is 1. The largest absolute Gasteiger partial charge is 0.454 e. The first-order chi connectivity index (χ1) is 13.8. The molecule has 1 heterocycles. The molecule has 1 aromatic rings. The number of imide groups is 1. The van der Waals surface area contributed by atoms with Crippen molar-refractivity contribution in [3.8, 4) is 0 Å². The smallest absolute Gasteiger partial charge is 0.329 e. The maximum atomic E-state index is 12.8. The molecular weight excluding hydrogens is 396 g/mol. The molecule has 154 valence electrons. The molecule has 7 nitrogen and oxygen atoms in total. The number of rotatable bonds is 5. The average molecular weight is 419 g/mol. The fourth-order valence-electron chi connectivity index (χ4n) is 5.09. The van der Waals surface area contributed by atoms with Crippen LogP contribution in [0.25, 0.3) is 0 Å². The number of esters is 1. The Hall–Kier alpha value is -2.41. The van der Waals surface area contributed by atoms with Gasteiger partial charge >= 0.3 is 5.97 Å². The van der Waals surface area contributed by atoms with Crippen LogP contribution < -0.4 is 5.32 Å².